The molecule has 0 aromatic heterocycles. The lowest BCUT2D eigenvalue weighted by Crippen LogP contribution is -2.34. The minimum absolute atomic E-state index is 0.248. The maximum Gasteiger partial charge on any atom is 0.127 e. The summed E-state index contributed by atoms with van der Waals surface area (Å²) in [6.45, 7) is 5.72. The third-order valence-electron chi connectivity index (χ3n) is 3.08. The van der Waals surface area contributed by atoms with E-state index in [1.54, 1.807) is 0 Å². The van der Waals surface area contributed by atoms with E-state index in [0.29, 0.717) is 0 Å². The number of nitrogens with zero attached hydrogens (tertiary/aromatic N) is 1. The summed E-state index contributed by atoms with van der Waals surface area (Å²) in [6, 6.07) is 7.85. The zero-order chi connectivity index (χ0) is 13.6. The molecule has 2 nitrogen and oxygen atoms in total. The van der Waals surface area contributed by atoms with E-state index in [0.717, 1.165) is 37.2 Å². The zero-order valence-corrected chi connectivity index (χ0v) is 12.2. The van der Waals surface area contributed by atoms with Gasteiger partial charge in [-0.1, -0.05) is 44.0 Å². The van der Waals surface area contributed by atoms with Crippen molar-refractivity contribution in [3.8, 4) is 0 Å². The second-order valence-electron chi connectivity index (χ2n) is 5.32. The second kappa shape index (κ2) is 6.91. The van der Waals surface area contributed by atoms with Crippen molar-refractivity contribution in [3.63, 3.8) is 0 Å². The van der Waals surface area contributed by atoms with E-state index < -0.39 is 0 Å². The van der Waals surface area contributed by atoms with Gasteiger partial charge in [0.05, 0.1) is 0 Å². The third-order valence-corrected chi connectivity index (χ3v) is 3.31. The van der Waals surface area contributed by atoms with Gasteiger partial charge in [-0.15, -0.1) is 0 Å². The maximum absolute atomic E-state index is 11.2. The molecule has 0 amide bonds. The van der Waals surface area contributed by atoms with Crippen molar-refractivity contribution in [1.29, 1.82) is 0 Å². The molecule has 0 spiro atoms. The van der Waals surface area contributed by atoms with Crippen LogP contribution in [0.1, 0.15) is 32.3 Å². The predicted octanol–water partition coefficient (Wildman–Crippen LogP) is 3.78. The standard InChI is InChI=1S/C15H22ClNO/c1-4-8-15(2,12-18)11-17(3)10-13-6-5-7-14(16)9-13/h5-7,9,12H,4,8,10-11H2,1-3H3. The molecule has 0 saturated heterocycles. The lowest BCUT2D eigenvalue weighted by atomic mass is 9.87. The predicted molar refractivity (Wildman–Crippen MR) is 76.9 cm³/mol. The molecule has 0 bridgehead atoms. The molecule has 0 aliphatic heterocycles. The quantitative estimate of drug-likeness (QED) is 0.701. The lowest BCUT2D eigenvalue weighted by molar-refractivity contribution is -0.116. The molecule has 1 aromatic carbocycles. The van der Waals surface area contributed by atoms with Crippen LogP contribution in [0.4, 0.5) is 0 Å². The van der Waals surface area contributed by atoms with Gasteiger partial charge in [-0.2, -0.15) is 0 Å². The fourth-order valence-electron chi connectivity index (χ4n) is 2.37. The molecule has 0 aliphatic rings. The molecular formula is C15H22ClNO. The van der Waals surface area contributed by atoms with Crippen molar-refractivity contribution in [1.82, 2.24) is 4.90 Å². The Morgan fingerprint density at radius 2 is 2.17 bits per heavy atom. The fourth-order valence-corrected chi connectivity index (χ4v) is 2.58. The molecule has 0 aliphatic carbocycles. The molecule has 100 valence electrons. The first-order valence-electron chi connectivity index (χ1n) is 6.38. The summed E-state index contributed by atoms with van der Waals surface area (Å²) in [5.74, 6) is 0. The molecule has 0 heterocycles. The first kappa shape index (κ1) is 15.2. The second-order valence-corrected chi connectivity index (χ2v) is 5.76. The highest BCUT2D eigenvalue weighted by atomic mass is 35.5. The highest BCUT2D eigenvalue weighted by Gasteiger charge is 2.24. The normalized spacial score (nSPS) is 14.5. The molecule has 1 unspecified atom stereocenters. The van der Waals surface area contributed by atoms with E-state index in [9.17, 15) is 4.79 Å². The van der Waals surface area contributed by atoms with E-state index in [2.05, 4.69) is 17.9 Å². The minimum Gasteiger partial charge on any atom is -0.303 e. The smallest absolute Gasteiger partial charge is 0.127 e. The van der Waals surface area contributed by atoms with E-state index in [-0.39, 0.29) is 5.41 Å². The number of halogens is 1. The van der Waals surface area contributed by atoms with Crippen LogP contribution in [-0.4, -0.2) is 24.8 Å². The SMILES string of the molecule is CCCC(C)(C=O)CN(C)Cc1cccc(Cl)c1. The Morgan fingerprint density at radius 1 is 1.44 bits per heavy atom. The van der Waals surface area contributed by atoms with Crippen molar-refractivity contribution in [2.24, 2.45) is 5.41 Å². The van der Waals surface area contributed by atoms with Gasteiger partial charge in [-0.3, -0.25) is 0 Å². The van der Waals surface area contributed by atoms with Crippen LogP contribution < -0.4 is 0 Å². The van der Waals surface area contributed by atoms with Crippen LogP contribution in [0.5, 0.6) is 0 Å². The van der Waals surface area contributed by atoms with E-state index >= 15 is 0 Å². The molecule has 1 rings (SSSR count). The van der Waals surface area contributed by atoms with Gasteiger partial charge in [0.15, 0.2) is 0 Å². The van der Waals surface area contributed by atoms with Crippen LogP contribution in [0.15, 0.2) is 24.3 Å². The number of rotatable bonds is 7. The van der Waals surface area contributed by atoms with Gasteiger partial charge in [0.2, 0.25) is 0 Å². The fraction of sp³-hybridized carbons (Fsp3) is 0.533. The van der Waals surface area contributed by atoms with Gasteiger partial charge >= 0.3 is 0 Å². The number of benzene rings is 1. The van der Waals surface area contributed by atoms with Gasteiger partial charge in [-0.25, -0.2) is 0 Å². The van der Waals surface area contributed by atoms with Crippen LogP contribution in [0, 0.1) is 5.41 Å². The molecule has 3 heteroatoms. The van der Waals surface area contributed by atoms with Crippen molar-refractivity contribution >= 4 is 17.9 Å². The Labute approximate surface area is 115 Å². The van der Waals surface area contributed by atoms with E-state index in [1.807, 2.05) is 32.2 Å². The Morgan fingerprint density at radius 3 is 2.72 bits per heavy atom. The van der Waals surface area contributed by atoms with Gasteiger partial charge in [-0.05, 0) is 31.2 Å². The largest absolute Gasteiger partial charge is 0.303 e. The lowest BCUT2D eigenvalue weighted by Gasteiger charge is -2.28. The molecule has 18 heavy (non-hydrogen) atoms. The molecule has 0 saturated carbocycles. The van der Waals surface area contributed by atoms with Gasteiger partial charge in [0.25, 0.3) is 0 Å². The first-order chi connectivity index (χ1) is 8.49. The minimum atomic E-state index is -0.248. The van der Waals surface area contributed by atoms with Crippen LogP contribution >= 0.6 is 11.6 Å². The van der Waals surface area contributed by atoms with Gasteiger partial charge < -0.3 is 9.69 Å². The highest BCUT2D eigenvalue weighted by molar-refractivity contribution is 6.30. The summed E-state index contributed by atoms with van der Waals surface area (Å²) >= 11 is 5.96. The van der Waals surface area contributed by atoms with E-state index in [1.165, 1.54) is 5.56 Å². The Hall–Kier alpha value is -0.860. The van der Waals surface area contributed by atoms with Crippen molar-refractivity contribution in [2.45, 2.75) is 33.2 Å². The number of hydrogen-bond donors (Lipinski definition) is 0. The maximum atomic E-state index is 11.2. The van der Waals surface area contributed by atoms with Crippen LogP contribution in [-0.2, 0) is 11.3 Å². The molecular weight excluding hydrogens is 246 g/mol. The number of carbonyl (C=O) groups excluding carboxylic acids is 1. The van der Waals surface area contributed by atoms with Crippen LogP contribution in [0.3, 0.4) is 0 Å². The van der Waals surface area contributed by atoms with Crippen LogP contribution in [0.2, 0.25) is 5.02 Å². The number of aldehydes is 1. The monoisotopic (exact) mass is 267 g/mol. The zero-order valence-electron chi connectivity index (χ0n) is 11.4. The highest BCUT2D eigenvalue weighted by Crippen LogP contribution is 2.22. The average molecular weight is 268 g/mol. The molecule has 0 radical (unpaired) electrons. The van der Waals surface area contributed by atoms with Crippen molar-refractivity contribution in [2.75, 3.05) is 13.6 Å². The summed E-state index contributed by atoms with van der Waals surface area (Å²) in [5, 5.41) is 0.757. The summed E-state index contributed by atoms with van der Waals surface area (Å²) in [7, 11) is 2.04. The molecule has 0 fully saturated rings. The summed E-state index contributed by atoms with van der Waals surface area (Å²) in [4.78, 5) is 13.4. The molecule has 0 N–H and O–H groups in total. The number of hydrogen-bond acceptors (Lipinski definition) is 2. The Balaban J connectivity index is 2.60. The summed E-state index contributed by atoms with van der Waals surface area (Å²) in [5.41, 5.74) is 0.928. The van der Waals surface area contributed by atoms with Crippen LogP contribution in [0.25, 0.3) is 0 Å². The topological polar surface area (TPSA) is 20.3 Å². The van der Waals surface area contributed by atoms with Gasteiger partial charge in [0, 0.05) is 23.5 Å². The first-order valence-corrected chi connectivity index (χ1v) is 6.76. The van der Waals surface area contributed by atoms with Crippen molar-refractivity contribution in [3.05, 3.63) is 34.9 Å². The summed E-state index contributed by atoms with van der Waals surface area (Å²) in [6.07, 6.45) is 3.04. The Bertz CT molecular complexity index is 394. The molecule has 1 aromatic rings. The molecule has 1 atom stereocenters. The van der Waals surface area contributed by atoms with Crippen molar-refractivity contribution < 1.29 is 4.79 Å². The van der Waals surface area contributed by atoms with E-state index in [4.69, 9.17) is 11.6 Å². The van der Waals surface area contributed by atoms with Gasteiger partial charge in [0.1, 0.15) is 6.29 Å². The Kier molecular flexibility index (Phi) is 5.83. The average Bonchev–Trinajstić information content (AvgIpc) is 2.29. The summed E-state index contributed by atoms with van der Waals surface area (Å²) < 4.78 is 0. The number of carbonyl (C=O) groups is 1. The third kappa shape index (κ3) is 4.79.